The Morgan fingerprint density at radius 1 is 0.875 bits per heavy atom. The Balaban J connectivity index is -0.0000000267. The summed E-state index contributed by atoms with van der Waals surface area (Å²) >= 11 is -5.00. The molecule has 0 aromatic rings. The first-order valence-corrected chi connectivity index (χ1v) is 3.69. The average molecular weight is 611 g/mol. The fraction of sp³-hybridized carbons (Fsp3) is 0. The third kappa shape index (κ3) is 50.8. The van der Waals surface area contributed by atoms with Crippen molar-refractivity contribution in [2.45, 2.75) is 0 Å². The van der Waals surface area contributed by atoms with Crippen molar-refractivity contribution in [3.8, 4) is 0 Å². The predicted molar refractivity (Wildman–Crippen MR) is 18.8 cm³/mol. The molecule has 4 N–H and O–H groups in total. The third-order valence-electron chi connectivity index (χ3n) is 0. The second-order valence-electron chi connectivity index (χ2n) is 0.600. The minimum atomic E-state index is -5.00. The van der Waals surface area contributed by atoms with Gasteiger partial charge in [0, 0.05) is 76.4 Å². The Morgan fingerprint density at radius 3 is 0.875 bits per heavy atom. The first-order valence-electron chi connectivity index (χ1n) is 0.894. The zero-order chi connectivity index (χ0) is 4.50. The molecule has 0 rings (SSSR count). The Hall–Kier alpha value is 3.98. The summed E-state index contributed by atoms with van der Waals surface area (Å²) in [5, 5.41) is 0. The number of hydrogen-bond acceptors (Lipinski definition) is 4. The first kappa shape index (κ1) is 22.7. The predicted octanol–water partition coefficient (Wildman–Crippen LogP) is -3.41. The van der Waals surface area contributed by atoms with E-state index in [4.69, 9.17) is 14.8 Å². The molecular formula is H7BiLaNdO4Ti. The van der Waals surface area contributed by atoms with Crippen molar-refractivity contribution in [1.82, 2.24) is 0 Å². The van der Waals surface area contributed by atoms with Crippen LogP contribution in [0.25, 0.3) is 0 Å². The van der Waals surface area contributed by atoms with E-state index in [1.165, 1.54) is 0 Å². The molecule has 0 aliphatic carbocycles. The van der Waals surface area contributed by atoms with Gasteiger partial charge in [-0.1, -0.05) is 0 Å². The van der Waals surface area contributed by atoms with Crippen molar-refractivity contribution in [3.05, 3.63) is 0 Å². The summed E-state index contributed by atoms with van der Waals surface area (Å²) in [5.74, 6) is 0. The van der Waals surface area contributed by atoms with Crippen LogP contribution in [0.5, 0.6) is 0 Å². The van der Waals surface area contributed by atoms with Crippen LogP contribution < -0.4 is 0 Å². The van der Waals surface area contributed by atoms with Crippen LogP contribution in [0, 0.1) is 76.4 Å². The SMILES string of the molecule is [BiH3].[La].[Nd].[OH][Ti]([OH])([OH])[OH]. The Labute approximate surface area is 132 Å². The van der Waals surface area contributed by atoms with E-state index in [2.05, 4.69) is 0 Å². The van der Waals surface area contributed by atoms with Crippen molar-refractivity contribution >= 4 is 26.2 Å². The summed E-state index contributed by atoms with van der Waals surface area (Å²) < 4.78 is 29.5. The van der Waals surface area contributed by atoms with E-state index < -0.39 is 18.1 Å². The van der Waals surface area contributed by atoms with Gasteiger partial charge < -0.3 is 0 Å². The number of hydrogen-bond donors (Lipinski definition) is 4. The van der Waals surface area contributed by atoms with Crippen LogP contribution in [0.2, 0.25) is 0 Å². The van der Waals surface area contributed by atoms with Crippen LogP contribution in [0.1, 0.15) is 0 Å². The zero-order valence-electron chi connectivity index (χ0n) is 4.07. The van der Waals surface area contributed by atoms with Gasteiger partial charge in [-0.05, 0) is 0 Å². The summed E-state index contributed by atoms with van der Waals surface area (Å²) in [5.41, 5.74) is 0. The van der Waals surface area contributed by atoms with E-state index in [1.54, 1.807) is 0 Å². The van der Waals surface area contributed by atoms with E-state index in [9.17, 15) is 0 Å². The van der Waals surface area contributed by atoms with Gasteiger partial charge in [0.05, 0.1) is 0 Å². The molecule has 0 aliphatic rings. The van der Waals surface area contributed by atoms with Crippen LogP contribution in [0.4, 0.5) is 0 Å². The van der Waals surface area contributed by atoms with E-state index in [-0.39, 0.29) is 103 Å². The van der Waals surface area contributed by atoms with Crippen molar-refractivity contribution in [2.75, 3.05) is 0 Å². The van der Waals surface area contributed by atoms with Gasteiger partial charge >= 0.3 is 59.1 Å². The summed E-state index contributed by atoms with van der Waals surface area (Å²) in [4.78, 5) is 0. The van der Waals surface area contributed by atoms with Gasteiger partial charge in [0.2, 0.25) is 0 Å². The standard InChI is InChI=1S/Bi.La.Nd.4H2O.Ti.3H/h;;;4*1H2;;;;/q;;;;;;;+4;;;/p-4. The fourth-order valence-corrected chi connectivity index (χ4v) is 0. The zero-order valence-corrected chi connectivity index (χ0v) is 18.0. The van der Waals surface area contributed by atoms with Crippen LogP contribution in [0.3, 0.4) is 0 Å². The maximum atomic E-state index is 7.38. The molecule has 0 saturated carbocycles. The van der Waals surface area contributed by atoms with Crippen LogP contribution >= 0.6 is 0 Å². The average Bonchev–Trinajstić information content (AvgIpc) is 0.722. The quantitative estimate of drug-likeness (QED) is 0.216. The van der Waals surface area contributed by atoms with Gasteiger partial charge in [-0.2, -0.15) is 0 Å². The molecule has 0 saturated heterocycles. The Morgan fingerprint density at radius 2 is 0.875 bits per heavy atom. The molecular weight excluding hydrogens is 604 g/mol. The summed E-state index contributed by atoms with van der Waals surface area (Å²) in [7, 11) is 0. The van der Waals surface area contributed by atoms with E-state index >= 15 is 0 Å². The summed E-state index contributed by atoms with van der Waals surface area (Å²) in [6.07, 6.45) is 0. The van der Waals surface area contributed by atoms with Crippen molar-refractivity contribution in [1.29, 1.82) is 0 Å². The summed E-state index contributed by atoms with van der Waals surface area (Å²) in [6.45, 7) is 0. The molecule has 0 aromatic heterocycles. The molecule has 0 unspecified atom stereocenters. The topological polar surface area (TPSA) is 80.9 Å². The fourth-order valence-electron chi connectivity index (χ4n) is 0. The molecule has 0 spiro atoms. The van der Waals surface area contributed by atoms with Gasteiger partial charge in [0.1, 0.15) is 0 Å². The second-order valence-corrected chi connectivity index (χ2v) is 2.47. The van der Waals surface area contributed by atoms with Gasteiger partial charge in [-0.15, -0.1) is 0 Å². The normalized spacial score (nSPS) is 7.50. The second kappa shape index (κ2) is 11.0. The van der Waals surface area contributed by atoms with Crippen molar-refractivity contribution < 1.29 is 109 Å². The molecule has 0 bridgehead atoms. The third-order valence-corrected chi connectivity index (χ3v) is 0. The molecule has 0 amide bonds. The number of rotatable bonds is 0. The summed E-state index contributed by atoms with van der Waals surface area (Å²) in [6, 6.07) is 0. The molecule has 0 heterocycles. The molecule has 47 valence electrons. The maximum absolute atomic E-state index is 7.38. The van der Waals surface area contributed by atoms with Gasteiger partial charge in [0.25, 0.3) is 0 Å². The van der Waals surface area contributed by atoms with Crippen molar-refractivity contribution in [2.24, 2.45) is 0 Å². The monoisotopic (exact) mass is 609 g/mol. The van der Waals surface area contributed by atoms with Crippen LogP contribution in [0.15, 0.2) is 0 Å². The van der Waals surface area contributed by atoms with Gasteiger partial charge in [0.15, 0.2) is 0 Å². The molecule has 8 heavy (non-hydrogen) atoms. The van der Waals surface area contributed by atoms with Gasteiger partial charge in [-0.3, -0.25) is 0 Å². The molecule has 1 radical (unpaired) electrons. The molecule has 0 atom stereocenters. The molecule has 0 aromatic carbocycles. The molecule has 0 aliphatic heterocycles. The molecule has 0 fully saturated rings. The molecule has 8 heteroatoms. The van der Waals surface area contributed by atoms with E-state index in [0.29, 0.717) is 0 Å². The van der Waals surface area contributed by atoms with E-state index in [1.807, 2.05) is 0 Å². The van der Waals surface area contributed by atoms with Crippen LogP contribution in [-0.4, -0.2) is 41.0 Å². The Bertz CT molecular complexity index is 31.5. The molecule has 4 nitrogen and oxygen atoms in total. The first-order chi connectivity index (χ1) is 2.00. The van der Waals surface area contributed by atoms with Crippen molar-refractivity contribution in [3.63, 3.8) is 0 Å². The van der Waals surface area contributed by atoms with E-state index in [0.717, 1.165) is 0 Å². The Kier molecular flexibility index (Phi) is 31.1. The van der Waals surface area contributed by atoms with Crippen LogP contribution in [-0.2, 0) is 18.1 Å². The minimum absolute atomic E-state index is 0. The van der Waals surface area contributed by atoms with Gasteiger partial charge in [-0.25, -0.2) is 0 Å².